The maximum Gasteiger partial charge on any atom is 0.331 e. The van der Waals surface area contributed by atoms with E-state index >= 15 is 0 Å². The second kappa shape index (κ2) is 8.37. The fourth-order valence-electron chi connectivity index (χ4n) is 4.80. The summed E-state index contributed by atoms with van der Waals surface area (Å²) in [6.45, 7) is 6.03. The average Bonchev–Trinajstić information content (AvgIpc) is 3.14. The summed E-state index contributed by atoms with van der Waals surface area (Å²) < 4.78 is 2.21. The van der Waals surface area contributed by atoms with E-state index in [9.17, 15) is 14.4 Å². The number of carbonyl (C=O) groups excluding carboxylic acids is 3. The predicted octanol–water partition coefficient (Wildman–Crippen LogP) is 5.40. The summed E-state index contributed by atoms with van der Waals surface area (Å²) >= 11 is 0. The van der Waals surface area contributed by atoms with Crippen molar-refractivity contribution in [3.8, 4) is 0 Å². The molecular formula is C28H24N2O4. The molecular weight excluding hydrogens is 428 g/mol. The molecule has 0 aliphatic heterocycles. The lowest BCUT2D eigenvalue weighted by Gasteiger charge is -2.16. The zero-order valence-corrected chi connectivity index (χ0v) is 19.3. The van der Waals surface area contributed by atoms with E-state index in [4.69, 9.17) is 4.84 Å². The molecule has 6 nitrogen and oxygen atoms in total. The summed E-state index contributed by atoms with van der Waals surface area (Å²) in [5.41, 5.74) is 6.04. The van der Waals surface area contributed by atoms with Crippen LogP contribution in [0.3, 0.4) is 0 Å². The Bertz CT molecular complexity index is 1540. The quantitative estimate of drug-likeness (QED) is 0.236. The normalized spacial score (nSPS) is 14.6. The fraction of sp³-hybridized carbons (Fsp3) is 0.214. The summed E-state index contributed by atoms with van der Waals surface area (Å²) in [5.74, 6) is -0.811. The summed E-state index contributed by atoms with van der Waals surface area (Å²) in [4.78, 5) is 42.2. The molecule has 0 bridgehead atoms. The minimum Gasteiger partial charge on any atom is -0.341 e. The van der Waals surface area contributed by atoms with Gasteiger partial charge in [0.25, 0.3) is 0 Å². The summed E-state index contributed by atoms with van der Waals surface area (Å²) in [7, 11) is 0. The van der Waals surface area contributed by atoms with Crippen LogP contribution in [0.25, 0.3) is 21.8 Å². The van der Waals surface area contributed by atoms with Crippen LogP contribution in [0.2, 0.25) is 0 Å². The Kier molecular flexibility index (Phi) is 5.36. The number of hydrogen-bond acceptors (Lipinski definition) is 5. The van der Waals surface area contributed by atoms with Crippen LogP contribution in [0.4, 0.5) is 0 Å². The third kappa shape index (κ3) is 3.52. The van der Waals surface area contributed by atoms with Gasteiger partial charge in [-0.05, 0) is 61.7 Å². The topological polar surface area (TPSA) is 77.7 Å². The van der Waals surface area contributed by atoms with Gasteiger partial charge in [0, 0.05) is 58.4 Å². The highest BCUT2D eigenvalue weighted by Gasteiger charge is 2.26. The molecule has 170 valence electrons. The maximum absolute atomic E-state index is 13.3. The molecule has 3 aromatic carbocycles. The van der Waals surface area contributed by atoms with Gasteiger partial charge in [0.15, 0.2) is 5.78 Å². The van der Waals surface area contributed by atoms with Crippen molar-refractivity contribution in [1.29, 1.82) is 0 Å². The first-order valence-electron chi connectivity index (χ1n) is 11.4. The zero-order chi connectivity index (χ0) is 24.0. The molecule has 6 heteroatoms. The lowest BCUT2D eigenvalue weighted by atomic mass is 9.88. The molecule has 0 amide bonds. The van der Waals surface area contributed by atoms with Crippen LogP contribution in [-0.2, 0) is 22.6 Å². The van der Waals surface area contributed by atoms with E-state index in [1.165, 1.54) is 6.92 Å². The molecule has 0 spiro atoms. The number of benzene rings is 3. The van der Waals surface area contributed by atoms with E-state index in [1.807, 2.05) is 55.5 Å². The smallest absolute Gasteiger partial charge is 0.331 e. The van der Waals surface area contributed by atoms with Crippen molar-refractivity contribution in [2.24, 2.45) is 5.16 Å². The van der Waals surface area contributed by atoms with Crippen molar-refractivity contribution in [2.45, 2.75) is 40.2 Å². The first kappa shape index (κ1) is 21.8. The Morgan fingerprint density at radius 3 is 2.50 bits per heavy atom. The van der Waals surface area contributed by atoms with E-state index in [2.05, 4.69) is 22.7 Å². The minimum atomic E-state index is -0.557. The molecule has 5 rings (SSSR count). The number of carbonyl (C=O) groups is 3. The minimum absolute atomic E-state index is 0.0257. The standard InChI is InChI=1S/C28H24N2O4/c1-4-30-25-12-10-19(27(32)20-8-6-5-7-16(20)2)13-22(25)23-15-21-18(14-26(23)30)9-11-24(28(21)33)29-34-17(3)31/h5-8,10,12-15H,4,9,11H2,1-3H3/b29-24+. The SMILES string of the molecule is CCn1c2ccc(C(=O)c3ccccc3C)cc2c2cc3c(cc21)CC/C(=N\OC(C)=O)C3=O. The number of oxime groups is 1. The number of nitrogens with zero attached hydrogens (tertiary/aromatic N) is 2. The van der Waals surface area contributed by atoms with Gasteiger partial charge >= 0.3 is 5.97 Å². The van der Waals surface area contributed by atoms with Gasteiger partial charge in [0.1, 0.15) is 5.71 Å². The average molecular weight is 453 g/mol. The Labute approximate surface area is 196 Å². The number of Topliss-reactive ketones (excluding diaryl/α,β-unsaturated/α-hetero) is 1. The Morgan fingerprint density at radius 2 is 1.76 bits per heavy atom. The van der Waals surface area contributed by atoms with E-state index in [0.717, 1.165) is 39.5 Å². The first-order valence-corrected chi connectivity index (χ1v) is 11.4. The molecule has 0 fully saturated rings. The number of aryl methyl sites for hydroxylation is 3. The lowest BCUT2D eigenvalue weighted by Crippen LogP contribution is -2.23. The number of fused-ring (bicyclic) bond motifs is 4. The monoisotopic (exact) mass is 452 g/mol. The van der Waals surface area contributed by atoms with Crippen LogP contribution in [0.15, 0.2) is 59.8 Å². The van der Waals surface area contributed by atoms with Gasteiger partial charge in [-0.1, -0.05) is 29.4 Å². The first-order chi connectivity index (χ1) is 16.4. The molecule has 4 aromatic rings. The molecule has 1 aliphatic carbocycles. The van der Waals surface area contributed by atoms with Crippen LogP contribution >= 0.6 is 0 Å². The highest BCUT2D eigenvalue weighted by atomic mass is 16.7. The number of rotatable bonds is 4. The van der Waals surface area contributed by atoms with Crippen LogP contribution in [-0.4, -0.2) is 27.8 Å². The lowest BCUT2D eigenvalue weighted by molar-refractivity contribution is -0.140. The Hall–Kier alpha value is -4.06. The Balaban J connectivity index is 1.68. The van der Waals surface area contributed by atoms with Crippen molar-refractivity contribution < 1.29 is 19.2 Å². The molecule has 0 N–H and O–H groups in total. The van der Waals surface area contributed by atoms with Gasteiger partial charge in [-0.25, -0.2) is 4.79 Å². The molecule has 0 unspecified atom stereocenters. The van der Waals surface area contributed by atoms with Crippen molar-refractivity contribution in [3.05, 3.63) is 82.4 Å². The third-order valence-electron chi connectivity index (χ3n) is 6.48. The van der Waals surface area contributed by atoms with Crippen molar-refractivity contribution in [2.75, 3.05) is 0 Å². The van der Waals surface area contributed by atoms with Gasteiger partial charge < -0.3 is 9.40 Å². The van der Waals surface area contributed by atoms with Gasteiger partial charge in [-0.15, -0.1) is 0 Å². The molecule has 0 atom stereocenters. The Morgan fingerprint density at radius 1 is 1.00 bits per heavy atom. The predicted molar refractivity (Wildman–Crippen MR) is 132 cm³/mol. The molecule has 0 saturated heterocycles. The molecule has 0 radical (unpaired) electrons. The fourth-order valence-corrected chi connectivity index (χ4v) is 4.80. The van der Waals surface area contributed by atoms with Crippen LogP contribution in [0, 0.1) is 6.92 Å². The van der Waals surface area contributed by atoms with E-state index in [-0.39, 0.29) is 17.3 Å². The van der Waals surface area contributed by atoms with E-state index in [1.54, 1.807) is 0 Å². The molecule has 1 aliphatic rings. The maximum atomic E-state index is 13.3. The van der Waals surface area contributed by atoms with Crippen LogP contribution < -0.4 is 0 Å². The number of hydrogen-bond donors (Lipinski definition) is 0. The van der Waals surface area contributed by atoms with Gasteiger partial charge in [0.05, 0.1) is 0 Å². The zero-order valence-electron chi connectivity index (χ0n) is 19.3. The van der Waals surface area contributed by atoms with E-state index in [0.29, 0.717) is 29.5 Å². The molecule has 34 heavy (non-hydrogen) atoms. The van der Waals surface area contributed by atoms with Crippen molar-refractivity contribution in [3.63, 3.8) is 0 Å². The van der Waals surface area contributed by atoms with Crippen LogP contribution in [0.5, 0.6) is 0 Å². The summed E-state index contributed by atoms with van der Waals surface area (Å²) in [6, 6.07) is 17.3. The second-order valence-electron chi connectivity index (χ2n) is 8.60. The largest absolute Gasteiger partial charge is 0.341 e. The molecule has 1 heterocycles. The second-order valence-corrected chi connectivity index (χ2v) is 8.60. The number of aromatic nitrogens is 1. The molecule has 0 saturated carbocycles. The van der Waals surface area contributed by atoms with Gasteiger partial charge in [-0.2, -0.15) is 0 Å². The summed E-state index contributed by atoms with van der Waals surface area (Å²) in [6.07, 6.45) is 1.06. The van der Waals surface area contributed by atoms with Gasteiger partial charge in [-0.3, -0.25) is 9.59 Å². The van der Waals surface area contributed by atoms with Crippen molar-refractivity contribution >= 4 is 45.1 Å². The van der Waals surface area contributed by atoms with Crippen LogP contribution in [0.1, 0.15) is 57.7 Å². The third-order valence-corrected chi connectivity index (χ3v) is 6.48. The molecule has 1 aromatic heterocycles. The summed E-state index contributed by atoms with van der Waals surface area (Å²) in [5, 5.41) is 5.61. The van der Waals surface area contributed by atoms with E-state index < -0.39 is 5.97 Å². The highest BCUT2D eigenvalue weighted by Crippen LogP contribution is 2.34. The van der Waals surface area contributed by atoms with Crippen molar-refractivity contribution in [1.82, 2.24) is 4.57 Å². The highest BCUT2D eigenvalue weighted by molar-refractivity contribution is 6.47. The van der Waals surface area contributed by atoms with Gasteiger partial charge in [0.2, 0.25) is 5.78 Å². The number of ketones is 2.